The van der Waals surface area contributed by atoms with Crippen LogP contribution in [0.5, 0.6) is 5.75 Å². The molecule has 0 aliphatic carbocycles. The van der Waals surface area contributed by atoms with Crippen LogP contribution in [0.3, 0.4) is 0 Å². The van der Waals surface area contributed by atoms with Crippen LogP contribution in [-0.2, 0) is 10.8 Å². The van der Waals surface area contributed by atoms with Gasteiger partial charge < -0.3 is 4.74 Å². The molecule has 18 heavy (non-hydrogen) atoms. The van der Waals surface area contributed by atoms with Crippen molar-refractivity contribution in [2.45, 2.75) is 4.90 Å². The SMILES string of the molecule is C=CCSS/C=C\CS(=O)c1cccc(OC)c1. The molecule has 0 aliphatic rings. The molecule has 2 nitrogen and oxygen atoms in total. The summed E-state index contributed by atoms with van der Waals surface area (Å²) in [5.74, 6) is 2.17. The molecule has 0 spiro atoms. The van der Waals surface area contributed by atoms with Crippen molar-refractivity contribution in [3.63, 3.8) is 0 Å². The molecule has 0 N–H and O–H groups in total. The Morgan fingerprint density at radius 2 is 2.33 bits per heavy atom. The highest BCUT2D eigenvalue weighted by atomic mass is 33.1. The summed E-state index contributed by atoms with van der Waals surface area (Å²) in [7, 11) is 3.92. The summed E-state index contributed by atoms with van der Waals surface area (Å²) in [6, 6.07) is 7.36. The third-order valence-corrected chi connectivity index (χ3v) is 5.19. The van der Waals surface area contributed by atoms with Crippen LogP contribution in [0.1, 0.15) is 0 Å². The van der Waals surface area contributed by atoms with E-state index in [1.807, 2.05) is 41.8 Å². The zero-order valence-corrected chi connectivity index (χ0v) is 12.7. The Hall–Kier alpha value is -0.650. The molecule has 0 fully saturated rings. The minimum atomic E-state index is -1.01. The summed E-state index contributed by atoms with van der Waals surface area (Å²) in [4.78, 5) is 0.794. The van der Waals surface area contributed by atoms with Crippen molar-refractivity contribution in [1.82, 2.24) is 0 Å². The average Bonchev–Trinajstić information content (AvgIpc) is 2.42. The second-order valence-electron chi connectivity index (χ2n) is 3.23. The molecule has 1 unspecified atom stereocenters. The molecule has 0 aromatic heterocycles. The van der Waals surface area contributed by atoms with Gasteiger partial charge in [0.15, 0.2) is 0 Å². The zero-order valence-electron chi connectivity index (χ0n) is 10.2. The van der Waals surface area contributed by atoms with Crippen molar-refractivity contribution >= 4 is 32.4 Å². The number of hydrogen-bond acceptors (Lipinski definition) is 4. The Kier molecular flexibility index (Phi) is 7.96. The molecular weight excluding hydrogens is 284 g/mol. The fourth-order valence-corrected chi connectivity index (χ4v) is 3.62. The number of rotatable bonds is 8. The fraction of sp³-hybridized carbons (Fsp3) is 0.231. The first kappa shape index (κ1) is 15.4. The molecule has 0 heterocycles. The van der Waals surface area contributed by atoms with Crippen molar-refractivity contribution in [2.24, 2.45) is 0 Å². The molecule has 0 bridgehead atoms. The maximum Gasteiger partial charge on any atom is 0.120 e. The third kappa shape index (κ3) is 5.80. The first-order chi connectivity index (χ1) is 8.77. The highest BCUT2D eigenvalue weighted by Crippen LogP contribution is 2.22. The fourth-order valence-electron chi connectivity index (χ4n) is 1.13. The highest BCUT2D eigenvalue weighted by molar-refractivity contribution is 8.77. The van der Waals surface area contributed by atoms with Gasteiger partial charge >= 0.3 is 0 Å². The Labute approximate surface area is 119 Å². The van der Waals surface area contributed by atoms with Crippen molar-refractivity contribution in [1.29, 1.82) is 0 Å². The minimum Gasteiger partial charge on any atom is -0.497 e. The quantitative estimate of drug-likeness (QED) is 0.413. The summed E-state index contributed by atoms with van der Waals surface area (Å²) < 4.78 is 17.1. The normalized spacial score (nSPS) is 12.5. The van der Waals surface area contributed by atoms with Gasteiger partial charge in [-0.2, -0.15) is 0 Å². The van der Waals surface area contributed by atoms with Gasteiger partial charge in [0.1, 0.15) is 5.75 Å². The van der Waals surface area contributed by atoms with E-state index in [1.165, 1.54) is 0 Å². The molecular formula is C13H16O2S3. The van der Waals surface area contributed by atoms with E-state index in [4.69, 9.17) is 4.74 Å². The number of methoxy groups -OCH3 is 1. The summed E-state index contributed by atoms with van der Waals surface area (Å²) in [6.07, 6.45) is 3.79. The highest BCUT2D eigenvalue weighted by Gasteiger charge is 2.02. The van der Waals surface area contributed by atoms with Gasteiger partial charge in [0, 0.05) is 16.4 Å². The van der Waals surface area contributed by atoms with Gasteiger partial charge in [0.25, 0.3) is 0 Å². The largest absolute Gasteiger partial charge is 0.497 e. The second-order valence-corrected chi connectivity index (χ2v) is 7.05. The van der Waals surface area contributed by atoms with Crippen LogP contribution < -0.4 is 4.74 Å². The van der Waals surface area contributed by atoms with Crippen LogP contribution in [0, 0.1) is 0 Å². The number of ether oxygens (including phenoxy) is 1. The van der Waals surface area contributed by atoms with Crippen LogP contribution in [0.2, 0.25) is 0 Å². The summed E-state index contributed by atoms with van der Waals surface area (Å²) in [5, 5.41) is 1.96. The molecule has 1 atom stereocenters. The smallest absolute Gasteiger partial charge is 0.120 e. The monoisotopic (exact) mass is 300 g/mol. The summed E-state index contributed by atoms with van der Waals surface area (Å²) in [5.41, 5.74) is 0. The molecule has 98 valence electrons. The van der Waals surface area contributed by atoms with Gasteiger partial charge in [0.2, 0.25) is 0 Å². The molecule has 0 amide bonds. The molecule has 0 aliphatic heterocycles. The van der Waals surface area contributed by atoms with Crippen molar-refractivity contribution in [3.8, 4) is 5.75 Å². The van der Waals surface area contributed by atoms with E-state index in [0.717, 1.165) is 16.4 Å². The van der Waals surface area contributed by atoms with Crippen molar-refractivity contribution < 1.29 is 8.95 Å². The zero-order chi connectivity index (χ0) is 13.2. The van der Waals surface area contributed by atoms with Crippen molar-refractivity contribution in [3.05, 3.63) is 48.4 Å². The van der Waals surface area contributed by atoms with E-state index in [9.17, 15) is 4.21 Å². The van der Waals surface area contributed by atoms with Crippen molar-refractivity contribution in [2.75, 3.05) is 18.6 Å². The maximum absolute atomic E-state index is 12.0. The van der Waals surface area contributed by atoms with E-state index >= 15 is 0 Å². The lowest BCUT2D eigenvalue weighted by molar-refractivity contribution is 0.413. The van der Waals surface area contributed by atoms with E-state index in [0.29, 0.717) is 5.75 Å². The first-order valence-corrected chi connectivity index (χ1v) is 9.04. The predicted molar refractivity (Wildman–Crippen MR) is 83.7 cm³/mol. The Balaban J connectivity index is 2.42. The van der Waals surface area contributed by atoms with Gasteiger partial charge in [-0.05, 0) is 23.6 Å². The summed E-state index contributed by atoms with van der Waals surface area (Å²) >= 11 is 0. The molecule has 0 saturated carbocycles. The van der Waals surface area contributed by atoms with Gasteiger partial charge in [-0.25, -0.2) is 0 Å². The Morgan fingerprint density at radius 3 is 3.06 bits per heavy atom. The second kappa shape index (κ2) is 9.30. The first-order valence-electron chi connectivity index (χ1n) is 5.34. The van der Waals surface area contributed by atoms with E-state index in [-0.39, 0.29) is 0 Å². The minimum absolute atomic E-state index is 0.523. The van der Waals surface area contributed by atoms with E-state index in [2.05, 4.69) is 6.58 Å². The Bertz CT molecular complexity index is 430. The van der Waals surface area contributed by atoms with Gasteiger partial charge in [-0.1, -0.05) is 39.8 Å². The van der Waals surface area contributed by atoms with Gasteiger partial charge in [-0.15, -0.1) is 6.58 Å². The molecule has 0 saturated heterocycles. The van der Waals surface area contributed by atoms with Crippen LogP contribution in [0.4, 0.5) is 0 Å². The molecule has 1 rings (SSSR count). The van der Waals surface area contributed by atoms with Crippen LogP contribution in [-0.4, -0.2) is 22.8 Å². The average molecular weight is 300 g/mol. The third-order valence-electron chi connectivity index (χ3n) is 1.96. The maximum atomic E-state index is 12.0. The van der Waals surface area contributed by atoms with E-state index < -0.39 is 10.8 Å². The molecule has 0 radical (unpaired) electrons. The summed E-state index contributed by atoms with van der Waals surface area (Å²) in [6.45, 7) is 3.64. The molecule has 1 aromatic rings. The molecule has 5 heteroatoms. The lowest BCUT2D eigenvalue weighted by Gasteiger charge is -2.02. The number of benzene rings is 1. The molecule has 1 aromatic carbocycles. The van der Waals surface area contributed by atoms with Gasteiger partial charge in [0.05, 0.1) is 17.9 Å². The predicted octanol–water partition coefficient (Wildman–Crippen LogP) is 3.88. The van der Waals surface area contributed by atoms with E-state index in [1.54, 1.807) is 28.7 Å². The van der Waals surface area contributed by atoms with Gasteiger partial charge in [-0.3, -0.25) is 4.21 Å². The standard InChI is InChI=1S/C13H16O2S3/c1-3-8-16-17-9-5-10-18(14)13-7-4-6-12(11-13)15-2/h3-7,9,11H,1,8,10H2,2H3/b9-5-. The topological polar surface area (TPSA) is 26.3 Å². The van der Waals surface area contributed by atoms with Crippen LogP contribution in [0.25, 0.3) is 0 Å². The van der Waals surface area contributed by atoms with Crippen LogP contribution in [0.15, 0.2) is 53.3 Å². The van der Waals surface area contributed by atoms with Crippen LogP contribution >= 0.6 is 21.6 Å². The lowest BCUT2D eigenvalue weighted by atomic mass is 10.3. The Morgan fingerprint density at radius 1 is 1.50 bits per heavy atom. The lowest BCUT2D eigenvalue weighted by Crippen LogP contribution is -1.95. The number of hydrogen-bond donors (Lipinski definition) is 0.